The van der Waals surface area contributed by atoms with Crippen LogP contribution in [0.1, 0.15) is 37.6 Å². The molecular weight excluding hydrogens is 264 g/mol. The van der Waals surface area contributed by atoms with Crippen LogP contribution >= 0.6 is 0 Å². The van der Waals surface area contributed by atoms with Crippen molar-refractivity contribution in [3.8, 4) is 0 Å². The van der Waals surface area contributed by atoms with E-state index in [1.807, 2.05) is 13.0 Å². The average molecular weight is 292 g/mol. The molecule has 118 valence electrons. The lowest BCUT2D eigenvalue weighted by Gasteiger charge is -2.18. The normalized spacial score (nSPS) is 10.7. The molecule has 0 aliphatic heterocycles. The van der Waals surface area contributed by atoms with E-state index in [9.17, 15) is 4.79 Å². The maximum Gasteiger partial charge on any atom is 0.251 e. The molecule has 21 heavy (non-hydrogen) atoms. The predicted molar refractivity (Wildman–Crippen MR) is 89.8 cm³/mol. The van der Waals surface area contributed by atoms with E-state index in [4.69, 9.17) is 5.73 Å². The zero-order chi connectivity index (χ0) is 15.7. The van der Waals surface area contributed by atoms with E-state index in [1.165, 1.54) is 0 Å². The summed E-state index contributed by atoms with van der Waals surface area (Å²) < 4.78 is 0. The maximum atomic E-state index is 11.7. The number of nitrogens with zero attached hydrogens (tertiary/aromatic N) is 1. The third kappa shape index (κ3) is 5.63. The molecule has 0 spiro atoms. The fourth-order valence-electron chi connectivity index (χ4n) is 2.19. The molecule has 0 aliphatic carbocycles. The van der Waals surface area contributed by atoms with E-state index in [0.717, 1.165) is 38.3 Å². The van der Waals surface area contributed by atoms with Crippen molar-refractivity contribution in [1.82, 2.24) is 10.2 Å². The fraction of sp³-hybridized carbons (Fsp3) is 0.562. The zero-order valence-corrected chi connectivity index (χ0v) is 13.4. The van der Waals surface area contributed by atoms with Crippen LogP contribution < -0.4 is 16.4 Å². The van der Waals surface area contributed by atoms with Gasteiger partial charge in [0.2, 0.25) is 0 Å². The van der Waals surface area contributed by atoms with E-state index >= 15 is 0 Å². The minimum absolute atomic E-state index is 0.0858. The van der Waals surface area contributed by atoms with Gasteiger partial charge in [0.25, 0.3) is 5.91 Å². The molecule has 0 aliphatic rings. The predicted octanol–water partition coefficient (Wildman–Crippen LogP) is 2.16. The summed E-state index contributed by atoms with van der Waals surface area (Å²) in [6, 6.07) is 5.39. The summed E-state index contributed by atoms with van der Waals surface area (Å²) in [7, 11) is 0. The van der Waals surface area contributed by atoms with Crippen LogP contribution in [0, 0.1) is 0 Å². The number of anilines is 2. The zero-order valence-electron chi connectivity index (χ0n) is 13.4. The molecule has 1 rings (SSSR count). The van der Waals surface area contributed by atoms with Gasteiger partial charge in [-0.25, -0.2) is 0 Å². The molecule has 5 heteroatoms. The van der Waals surface area contributed by atoms with Crippen molar-refractivity contribution in [2.24, 2.45) is 0 Å². The van der Waals surface area contributed by atoms with Crippen molar-refractivity contribution >= 4 is 17.3 Å². The number of amides is 1. The molecule has 0 heterocycles. The number of carbonyl (C=O) groups excluding carboxylic acids is 1. The Bertz CT molecular complexity index is 444. The van der Waals surface area contributed by atoms with Gasteiger partial charge in [-0.05, 0) is 51.2 Å². The number of benzene rings is 1. The Morgan fingerprint density at radius 2 is 1.95 bits per heavy atom. The first-order valence-corrected chi connectivity index (χ1v) is 7.76. The highest BCUT2D eigenvalue weighted by atomic mass is 16.1. The summed E-state index contributed by atoms with van der Waals surface area (Å²) in [5.41, 5.74) is 8.10. The Morgan fingerprint density at radius 1 is 1.24 bits per heavy atom. The van der Waals surface area contributed by atoms with Gasteiger partial charge in [-0.2, -0.15) is 0 Å². The summed E-state index contributed by atoms with van der Waals surface area (Å²) in [6.07, 6.45) is 1.07. The topological polar surface area (TPSA) is 70.4 Å². The number of hydrogen-bond donors (Lipinski definition) is 3. The first kappa shape index (κ1) is 17.3. The van der Waals surface area contributed by atoms with Crippen molar-refractivity contribution in [2.75, 3.05) is 43.8 Å². The Morgan fingerprint density at radius 3 is 2.52 bits per heavy atom. The Labute approximate surface area is 127 Å². The quantitative estimate of drug-likeness (QED) is 0.482. The van der Waals surface area contributed by atoms with Crippen LogP contribution in [-0.2, 0) is 0 Å². The van der Waals surface area contributed by atoms with Gasteiger partial charge in [-0.15, -0.1) is 0 Å². The molecule has 0 aromatic heterocycles. The van der Waals surface area contributed by atoms with Crippen molar-refractivity contribution < 1.29 is 4.79 Å². The highest BCUT2D eigenvalue weighted by Gasteiger charge is 2.07. The smallest absolute Gasteiger partial charge is 0.251 e. The molecule has 1 aromatic carbocycles. The number of hydrogen-bond acceptors (Lipinski definition) is 4. The lowest BCUT2D eigenvalue weighted by molar-refractivity contribution is 0.0956. The van der Waals surface area contributed by atoms with Gasteiger partial charge in [0, 0.05) is 18.7 Å². The number of nitrogens with two attached hydrogens (primary N) is 1. The fourth-order valence-corrected chi connectivity index (χ4v) is 2.19. The summed E-state index contributed by atoms with van der Waals surface area (Å²) in [4.78, 5) is 14.1. The van der Waals surface area contributed by atoms with Crippen LogP contribution in [0.3, 0.4) is 0 Å². The number of carbonyl (C=O) groups is 1. The molecule has 0 bridgehead atoms. The molecule has 1 amide bonds. The molecule has 0 unspecified atom stereocenters. The number of rotatable bonds is 9. The second-order valence-corrected chi connectivity index (χ2v) is 4.97. The largest absolute Gasteiger partial charge is 0.397 e. The standard InChI is InChI=1S/C16H28N4O/c1-4-18-16(21)13-8-9-15(14(17)12-13)19-10-7-11-20(5-2)6-3/h8-9,12,19H,4-7,10-11,17H2,1-3H3,(H,18,21). The molecule has 0 saturated carbocycles. The second-order valence-electron chi connectivity index (χ2n) is 4.97. The summed E-state index contributed by atoms with van der Waals surface area (Å²) in [6.45, 7) is 11.0. The van der Waals surface area contributed by atoms with Gasteiger partial charge in [-0.3, -0.25) is 4.79 Å². The van der Waals surface area contributed by atoms with Crippen LogP contribution in [0.15, 0.2) is 18.2 Å². The van der Waals surface area contributed by atoms with Crippen LogP contribution in [0.25, 0.3) is 0 Å². The van der Waals surface area contributed by atoms with E-state index in [0.29, 0.717) is 17.8 Å². The van der Waals surface area contributed by atoms with Crippen LogP contribution in [0.4, 0.5) is 11.4 Å². The molecular formula is C16H28N4O. The van der Waals surface area contributed by atoms with Gasteiger partial charge in [0.15, 0.2) is 0 Å². The Balaban J connectivity index is 2.48. The lowest BCUT2D eigenvalue weighted by atomic mass is 10.1. The SMILES string of the molecule is CCNC(=O)c1ccc(NCCCN(CC)CC)c(N)c1. The van der Waals surface area contributed by atoms with E-state index in [2.05, 4.69) is 29.4 Å². The van der Waals surface area contributed by atoms with Crippen molar-refractivity contribution in [3.05, 3.63) is 23.8 Å². The Kier molecular flexibility index (Phi) is 7.61. The van der Waals surface area contributed by atoms with Crippen LogP contribution in [0.2, 0.25) is 0 Å². The summed E-state index contributed by atoms with van der Waals surface area (Å²) >= 11 is 0. The maximum absolute atomic E-state index is 11.7. The average Bonchev–Trinajstić information content (AvgIpc) is 2.49. The van der Waals surface area contributed by atoms with Gasteiger partial charge >= 0.3 is 0 Å². The van der Waals surface area contributed by atoms with Gasteiger partial charge in [0.05, 0.1) is 11.4 Å². The third-order valence-corrected chi connectivity index (χ3v) is 3.51. The molecule has 0 atom stereocenters. The summed E-state index contributed by atoms with van der Waals surface area (Å²) in [5.74, 6) is -0.0858. The first-order chi connectivity index (χ1) is 10.1. The summed E-state index contributed by atoms with van der Waals surface area (Å²) in [5, 5.41) is 6.10. The van der Waals surface area contributed by atoms with E-state index in [1.54, 1.807) is 12.1 Å². The van der Waals surface area contributed by atoms with Crippen molar-refractivity contribution in [1.29, 1.82) is 0 Å². The lowest BCUT2D eigenvalue weighted by Crippen LogP contribution is -2.25. The van der Waals surface area contributed by atoms with E-state index in [-0.39, 0.29) is 5.91 Å². The minimum Gasteiger partial charge on any atom is -0.397 e. The second kappa shape index (κ2) is 9.23. The van der Waals surface area contributed by atoms with Crippen LogP contribution in [-0.4, -0.2) is 43.5 Å². The molecule has 0 fully saturated rings. The monoisotopic (exact) mass is 292 g/mol. The number of nitrogen functional groups attached to an aromatic ring is 1. The molecule has 4 N–H and O–H groups in total. The molecule has 5 nitrogen and oxygen atoms in total. The van der Waals surface area contributed by atoms with Crippen LogP contribution in [0.5, 0.6) is 0 Å². The van der Waals surface area contributed by atoms with Gasteiger partial charge in [-0.1, -0.05) is 13.8 Å². The third-order valence-electron chi connectivity index (χ3n) is 3.51. The molecule has 1 aromatic rings. The highest BCUT2D eigenvalue weighted by molar-refractivity contribution is 5.96. The first-order valence-electron chi connectivity index (χ1n) is 7.76. The van der Waals surface area contributed by atoms with Crippen molar-refractivity contribution in [2.45, 2.75) is 27.2 Å². The van der Waals surface area contributed by atoms with Gasteiger partial charge < -0.3 is 21.3 Å². The molecule has 0 saturated heterocycles. The molecule has 0 radical (unpaired) electrons. The number of nitrogens with one attached hydrogen (secondary N) is 2. The Hall–Kier alpha value is -1.75. The minimum atomic E-state index is -0.0858. The van der Waals surface area contributed by atoms with Crippen molar-refractivity contribution in [3.63, 3.8) is 0 Å². The highest BCUT2D eigenvalue weighted by Crippen LogP contribution is 2.19. The van der Waals surface area contributed by atoms with E-state index < -0.39 is 0 Å². The van der Waals surface area contributed by atoms with Gasteiger partial charge in [0.1, 0.15) is 0 Å².